The number of hydrogen-bond acceptors (Lipinski definition) is 4. The fourth-order valence-electron chi connectivity index (χ4n) is 3.23. The normalized spacial score (nSPS) is 14.7. The minimum atomic E-state index is -0.310. The van der Waals surface area contributed by atoms with E-state index in [0.29, 0.717) is 5.75 Å². The van der Waals surface area contributed by atoms with Crippen LogP contribution in [0.4, 0.5) is 10.1 Å². The second-order valence-electron chi connectivity index (χ2n) is 6.24. The number of piperazine rings is 1. The van der Waals surface area contributed by atoms with Gasteiger partial charge in [0.2, 0.25) is 0 Å². The van der Waals surface area contributed by atoms with Gasteiger partial charge in [-0.05, 0) is 31.2 Å². The van der Waals surface area contributed by atoms with Gasteiger partial charge in [0, 0.05) is 49.4 Å². The number of rotatable bonds is 3. The molecule has 0 bridgehead atoms. The Balaban J connectivity index is 1.80. The molecule has 0 amide bonds. The number of fused-ring (bicyclic) bond motifs is 1. The molecule has 0 unspecified atom stereocenters. The van der Waals surface area contributed by atoms with E-state index in [9.17, 15) is 4.39 Å². The SMILES string of the molecule is Cc1cnc2c(N3CCNCC3)cccc2c1Oc1cccc(F)c1. The number of ether oxygens (including phenoxy) is 1. The molecular weight excluding hydrogens is 317 g/mol. The summed E-state index contributed by atoms with van der Waals surface area (Å²) in [7, 11) is 0. The van der Waals surface area contributed by atoms with Crippen molar-refractivity contribution in [3.63, 3.8) is 0 Å². The number of anilines is 1. The molecule has 128 valence electrons. The number of benzene rings is 2. The average Bonchev–Trinajstić information content (AvgIpc) is 2.64. The van der Waals surface area contributed by atoms with Crippen LogP contribution in [0, 0.1) is 12.7 Å². The molecule has 25 heavy (non-hydrogen) atoms. The second kappa shape index (κ2) is 6.69. The Labute approximate surface area is 146 Å². The number of hydrogen-bond donors (Lipinski definition) is 1. The maximum atomic E-state index is 13.5. The zero-order valence-corrected chi connectivity index (χ0v) is 14.1. The van der Waals surface area contributed by atoms with Crippen LogP contribution in [0.5, 0.6) is 11.5 Å². The van der Waals surface area contributed by atoms with E-state index in [0.717, 1.165) is 54.1 Å². The molecule has 1 fully saturated rings. The van der Waals surface area contributed by atoms with Crippen molar-refractivity contribution in [1.29, 1.82) is 0 Å². The third-order valence-corrected chi connectivity index (χ3v) is 4.48. The van der Waals surface area contributed by atoms with Crippen LogP contribution < -0.4 is 15.0 Å². The van der Waals surface area contributed by atoms with Crippen molar-refractivity contribution in [1.82, 2.24) is 10.3 Å². The van der Waals surface area contributed by atoms with Crippen molar-refractivity contribution in [2.45, 2.75) is 6.92 Å². The van der Waals surface area contributed by atoms with Crippen LogP contribution in [0.15, 0.2) is 48.7 Å². The Hall–Kier alpha value is -2.66. The zero-order valence-electron chi connectivity index (χ0n) is 14.1. The molecule has 1 N–H and O–H groups in total. The number of nitrogens with one attached hydrogen (secondary N) is 1. The van der Waals surface area contributed by atoms with Gasteiger partial charge in [0.1, 0.15) is 17.3 Å². The summed E-state index contributed by atoms with van der Waals surface area (Å²) in [5, 5.41) is 4.31. The van der Waals surface area contributed by atoms with Gasteiger partial charge in [-0.15, -0.1) is 0 Å². The number of nitrogens with zero attached hydrogens (tertiary/aromatic N) is 2. The first kappa shape index (κ1) is 15.8. The molecule has 0 aliphatic carbocycles. The Kier molecular flexibility index (Phi) is 4.24. The average molecular weight is 337 g/mol. The van der Waals surface area contributed by atoms with Crippen LogP contribution in [-0.4, -0.2) is 31.2 Å². The van der Waals surface area contributed by atoms with Crippen LogP contribution in [0.1, 0.15) is 5.56 Å². The zero-order chi connectivity index (χ0) is 17.2. The topological polar surface area (TPSA) is 37.4 Å². The van der Waals surface area contributed by atoms with Crippen molar-refractivity contribution in [3.8, 4) is 11.5 Å². The smallest absolute Gasteiger partial charge is 0.141 e. The van der Waals surface area contributed by atoms with E-state index >= 15 is 0 Å². The van der Waals surface area contributed by atoms with Crippen molar-refractivity contribution < 1.29 is 9.13 Å². The predicted octanol–water partition coefficient (Wildman–Crippen LogP) is 3.88. The standard InChI is InChI=1S/C20H20FN3O/c1-14-13-23-19-17(20(14)25-16-5-2-4-15(21)12-16)6-3-7-18(19)24-10-8-22-9-11-24/h2-7,12-13,22H,8-11H2,1H3. The number of aryl methyl sites for hydroxylation is 1. The van der Waals surface area contributed by atoms with E-state index < -0.39 is 0 Å². The Morgan fingerprint density at radius 3 is 2.72 bits per heavy atom. The first-order valence-corrected chi connectivity index (χ1v) is 8.50. The van der Waals surface area contributed by atoms with Gasteiger partial charge in [-0.3, -0.25) is 4.98 Å². The highest BCUT2D eigenvalue weighted by atomic mass is 19.1. The summed E-state index contributed by atoms with van der Waals surface area (Å²) >= 11 is 0. The molecule has 2 aromatic carbocycles. The number of halogens is 1. The predicted molar refractivity (Wildman–Crippen MR) is 98.0 cm³/mol. The fourth-order valence-corrected chi connectivity index (χ4v) is 3.23. The lowest BCUT2D eigenvalue weighted by Gasteiger charge is -2.30. The molecule has 3 aromatic rings. The molecule has 2 heterocycles. The van der Waals surface area contributed by atoms with Gasteiger partial charge in [0.05, 0.1) is 11.2 Å². The van der Waals surface area contributed by atoms with Gasteiger partial charge < -0.3 is 15.0 Å². The number of para-hydroxylation sites is 1. The molecule has 4 nitrogen and oxygen atoms in total. The summed E-state index contributed by atoms with van der Waals surface area (Å²) in [6.45, 7) is 5.80. The maximum absolute atomic E-state index is 13.5. The molecule has 4 rings (SSSR count). The maximum Gasteiger partial charge on any atom is 0.141 e. The highest BCUT2D eigenvalue weighted by Crippen LogP contribution is 2.36. The fraction of sp³-hybridized carbons (Fsp3) is 0.250. The van der Waals surface area contributed by atoms with Crippen LogP contribution in [-0.2, 0) is 0 Å². The van der Waals surface area contributed by atoms with E-state index in [-0.39, 0.29) is 5.82 Å². The van der Waals surface area contributed by atoms with E-state index in [1.54, 1.807) is 12.1 Å². The monoisotopic (exact) mass is 337 g/mol. The van der Waals surface area contributed by atoms with Crippen LogP contribution in [0.2, 0.25) is 0 Å². The van der Waals surface area contributed by atoms with Crippen LogP contribution in [0.3, 0.4) is 0 Å². The van der Waals surface area contributed by atoms with E-state index in [1.165, 1.54) is 12.1 Å². The molecule has 0 spiro atoms. The van der Waals surface area contributed by atoms with Crippen LogP contribution >= 0.6 is 0 Å². The molecular formula is C20H20FN3O. The summed E-state index contributed by atoms with van der Waals surface area (Å²) in [4.78, 5) is 7.00. The third-order valence-electron chi connectivity index (χ3n) is 4.48. The molecule has 0 saturated carbocycles. The number of aromatic nitrogens is 1. The highest BCUT2D eigenvalue weighted by Gasteiger charge is 2.17. The summed E-state index contributed by atoms with van der Waals surface area (Å²) < 4.78 is 19.5. The van der Waals surface area contributed by atoms with Gasteiger partial charge in [-0.25, -0.2) is 4.39 Å². The Morgan fingerprint density at radius 2 is 1.92 bits per heavy atom. The van der Waals surface area contributed by atoms with Crippen molar-refractivity contribution in [3.05, 3.63) is 60.0 Å². The Morgan fingerprint density at radius 1 is 1.12 bits per heavy atom. The van der Waals surface area contributed by atoms with Crippen molar-refractivity contribution >= 4 is 16.6 Å². The van der Waals surface area contributed by atoms with Gasteiger partial charge in [-0.1, -0.05) is 12.1 Å². The molecule has 1 aliphatic heterocycles. The molecule has 0 atom stereocenters. The van der Waals surface area contributed by atoms with Crippen molar-refractivity contribution in [2.75, 3.05) is 31.1 Å². The van der Waals surface area contributed by atoms with E-state index in [2.05, 4.69) is 21.3 Å². The van der Waals surface area contributed by atoms with E-state index in [4.69, 9.17) is 4.74 Å². The Bertz CT molecular complexity index is 907. The quantitative estimate of drug-likeness (QED) is 0.787. The second-order valence-corrected chi connectivity index (χ2v) is 6.24. The lowest BCUT2D eigenvalue weighted by molar-refractivity contribution is 0.478. The molecule has 1 aromatic heterocycles. The van der Waals surface area contributed by atoms with Gasteiger partial charge in [0.25, 0.3) is 0 Å². The third kappa shape index (κ3) is 3.15. The van der Waals surface area contributed by atoms with Crippen molar-refractivity contribution in [2.24, 2.45) is 0 Å². The van der Waals surface area contributed by atoms with Crippen LogP contribution in [0.25, 0.3) is 10.9 Å². The minimum Gasteiger partial charge on any atom is -0.456 e. The summed E-state index contributed by atoms with van der Waals surface area (Å²) in [6, 6.07) is 12.3. The molecule has 0 radical (unpaired) electrons. The summed E-state index contributed by atoms with van der Waals surface area (Å²) in [5.41, 5.74) is 2.96. The van der Waals surface area contributed by atoms with E-state index in [1.807, 2.05) is 25.3 Å². The molecule has 1 aliphatic rings. The summed E-state index contributed by atoms with van der Waals surface area (Å²) in [5.74, 6) is 0.908. The number of pyridine rings is 1. The molecule has 5 heteroatoms. The minimum absolute atomic E-state index is 0.310. The van der Waals surface area contributed by atoms with Gasteiger partial charge in [-0.2, -0.15) is 0 Å². The first-order valence-electron chi connectivity index (χ1n) is 8.50. The largest absolute Gasteiger partial charge is 0.456 e. The molecule has 1 saturated heterocycles. The van der Waals surface area contributed by atoms with Gasteiger partial charge >= 0.3 is 0 Å². The van der Waals surface area contributed by atoms with Gasteiger partial charge in [0.15, 0.2) is 0 Å². The lowest BCUT2D eigenvalue weighted by atomic mass is 10.1. The lowest BCUT2D eigenvalue weighted by Crippen LogP contribution is -2.43. The first-order chi connectivity index (χ1) is 12.2. The highest BCUT2D eigenvalue weighted by molar-refractivity contribution is 5.95. The summed E-state index contributed by atoms with van der Waals surface area (Å²) in [6.07, 6.45) is 1.82.